The Balaban J connectivity index is 1.62. The molecule has 3 atom stereocenters. The van der Waals surface area contributed by atoms with Gasteiger partial charge in [0.15, 0.2) is 0 Å². The van der Waals surface area contributed by atoms with Gasteiger partial charge in [0.05, 0.1) is 12.6 Å². The van der Waals surface area contributed by atoms with E-state index in [0.717, 1.165) is 19.3 Å². The zero-order valence-corrected chi connectivity index (χ0v) is 12.4. The summed E-state index contributed by atoms with van der Waals surface area (Å²) in [5.74, 6) is 0.370. The second-order valence-electron chi connectivity index (χ2n) is 6.68. The summed E-state index contributed by atoms with van der Waals surface area (Å²) in [5.41, 5.74) is -0.685. The molecule has 0 aromatic carbocycles. The van der Waals surface area contributed by atoms with E-state index in [1.807, 2.05) is 4.90 Å². The number of hydrogen-bond donors (Lipinski definition) is 0. The van der Waals surface area contributed by atoms with E-state index in [-0.39, 0.29) is 17.9 Å². The topological polar surface area (TPSA) is 66.9 Å². The van der Waals surface area contributed by atoms with E-state index < -0.39 is 20.9 Å². The van der Waals surface area contributed by atoms with Crippen molar-refractivity contribution < 1.29 is 17.9 Å². The average Bonchev–Trinajstić information content (AvgIpc) is 2.66. The highest BCUT2D eigenvalue weighted by Crippen LogP contribution is 2.46. The third kappa shape index (κ3) is 1.57. The van der Waals surface area contributed by atoms with Gasteiger partial charge in [0.25, 0.3) is 0 Å². The van der Waals surface area contributed by atoms with Crippen molar-refractivity contribution in [1.29, 1.82) is 0 Å². The first-order valence-corrected chi connectivity index (χ1v) is 8.84. The molecule has 0 aromatic rings. The average molecular weight is 300 g/mol. The van der Waals surface area contributed by atoms with Crippen LogP contribution in [0.25, 0.3) is 0 Å². The van der Waals surface area contributed by atoms with Crippen molar-refractivity contribution >= 4 is 15.9 Å². The lowest BCUT2D eigenvalue weighted by Crippen LogP contribution is -2.57. The molecule has 0 N–H and O–H groups in total. The van der Waals surface area contributed by atoms with Crippen LogP contribution in [0.5, 0.6) is 0 Å². The highest BCUT2D eigenvalue weighted by molar-refractivity contribution is 7.90. The van der Waals surface area contributed by atoms with E-state index >= 15 is 0 Å². The van der Waals surface area contributed by atoms with E-state index in [2.05, 4.69) is 0 Å². The smallest absolute Gasteiger partial charge is 0.225 e. The molecular formula is C13H20N2O4S. The first-order valence-electron chi connectivity index (χ1n) is 7.34. The van der Waals surface area contributed by atoms with Gasteiger partial charge < -0.3 is 9.64 Å². The summed E-state index contributed by atoms with van der Waals surface area (Å²) in [6.45, 7) is 1.38. The maximum absolute atomic E-state index is 12.4. The molecule has 7 heteroatoms. The number of morpholine rings is 1. The first kappa shape index (κ1) is 13.0. The maximum Gasteiger partial charge on any atom is 0.225 e. The first-order chi connectivity index (χ1) is 9.42. The molecule has 1 aliphatic carbocycles. The van der Waals surface area contributed by atoms with Crippen molar-refractivity contribution in [3.63, 3.8) is 0 Å². The molecule has 112 valence electrons. The van der Waals surface area contributed by atoms with Gasteiger partial charge in [-0.1, -0.05) is 6.42 Å². The van der Waals surface area contributed by atoms with Crippen molar-refractivity contribution in [3.05, 3.63) is 0 Å². The standard InChI is InChI=1S/C13H20N2O4S/c1-14-7-13-8-15(12(16)9-3-2-4-9)6-10(19-13)5-11(13)20(14,17)18/h9-11H,2-8H2,1H3/t10-,11+,13-/m1/s1. The van der Waals surface area contributed by atoms with Gasteiger partial charge in [-0.25, -0.2) is 12.7 Å². The molecule has 3 heterocycles. The van der Waals surface area contributed by atoms with Gasteiger partial charge in [-0.15, -0.1) is 0 Å². The van der Waals surface area contributed by atoms with E-state index in [9.17, 15) is 13.2 Å². The number of ether oxygens (including phenoxy) is 1. The number of fused-ring (bicyclic) bond motifs is 1. The fourth-order valence-electron chi connectivity index (χ4n) is 4.14. The molecule has 6 nitrogen and oxygen atoms in total. The molecule has 4 aliphatic rings. The molecule has 3 aliphatic heterocycles. The molecule has 3 saturated heterocycles. The fraction of sp³-hybridized carbons (Fsp3) is 0.923. The van der Waals surface area contributed by atoms with E-state index in [0.29, 0.717) is 26.1 Å². The Hall–Kier alpha value is -0.660. The molecule has 2 bridgehead atoms. The second kappa shape index (κ2) is 3.96. The van der Waals surface area contributed by atoms with E-state index in [1.165, 1.54) is 4.31 Å². The molecule has 0 aromatic heterocycles. The van der Waals surface area contributed by atoms with Gasteiger partial charge in [0.2, 0.25) is 15.9 Å². The van der Waals surface area contributed by atoms with E-state index in [4.69, 9.17) is 4.74 Å². The Morgan fingerprint density at radius 3 is 2.70 bits per heavy atom. The van der Waals surface area contributed by atoms with Crippen LogP contribution >= 0.6 is 0 Å². The van der Waals surface area contributed by atoms with Crippen LogP contribution in [0.4, 0.5) is 0 Å². The molecule has 1 spiro atoms. The predicted molar refractivity (Wildman–Crippen MR) is 71.5 cm³/mol. The van der Waals surface area contributed by atoms with Crippen LogP contribution in [-0.4, -0.2) is 67.2 Å². The molecule has 0 radical (unpaired) electrons. The van der Waals surface area contributed by atoms with Gasteiger partial charge >= 0.3 is 0 Å². The van der Waals surface area contributed by atoms with Crippen LogP contribution in [-0.2, 0) is 19.6 Å². The number of carbonyl (C=O) groups excluding carboxylic acids is 1. The number of nitrogens with zero attached hydrogens (tertiary/aromatic N) is 2. The summed E-state index contributed by atoms with van der Waals surface area (Å²) in [4.78, 5) is 14.3. The van der Waals surface area contributed by atoms with Crippen molar-refractivity contribution in [3.8, 4) is 0 Å². The number of carbonyl (C=O) groups is 1. The summed E-state index contributed by atoms with van der Waals surface area (Å²) < 4.78 is 32.1. The van der Waals surface area contributed by atoms with Crippen LogP contribution < -0.4 is 0 Å². The zero-order valence-electron chi connectivity index (χ0n) is 11.6. The predicted octanol–water partition coefficient (Wildman–Crippen LogP) is -0.200. The zero-order chi connectivity index (χ0) is 14.1. The SMILES string of the molecule is CN1C[C@@]23CN(C(=O)C4CCC4)C[C@@H](C[C@@H]2S1(=O)=O)O3. The largest absolute Gasteiger partial charge is 0.365 e. The van der Waals surface area contributed by atoms with Crippen LogP contribution in [0.15, 0.2) is 0 Å². The lowest BCUT2D eigenvalue weighted by atomic mass is 9.84. The number of hydrogen-bond acceptors (Lipinski definition) is 4. The Bertz CT molecular complexity index is 559. The van der Waals surface area contributed by atoms with Crippen LogP contribution in [0.1, 0.15) is 25.7 Å². The molecule has 4 rings (SSSR count). The highest BCUT2D eigenvalue weighted by atomic mass is 32.2. The molecule has 1 amide bonds. The maximum atomic E-state index is 12.4. The summed E-state index contributed by atoms with van der Waals surface area (Å²) in [6, 6.07) is 0. The number of amides is 1. The monoisotopic (exact) mass is 300 g/mol. The lowest BCUT2D eigenvalue weighted by Gasteiger charge is -2.41. The summed E-state index contributed by atoms with van der Waals surface area (Å²) >= 11 is 0. The second-order valence-corrected chi connectivity index (χ2v) is 8.90. The van der Waals surface area contributed by atoms with Crippen LogP contribution in [0.2, 0.25) is 0 Å². The molecule has 1 saturated carbocycles. The Kier molecular flexibility index (Phi) is 2.58. The Labute approximate surface area is 119 Å². The normalized spacial score (nSPS) is 43.4. The van der Waals surface area contributed by atoms with Gasteiger partial charge in [-0.05, 0) is 19.3 Å². The summed E-state index contributed by atoms with van der Waals surface area (Å²) in [5, 5.41) is -0.468. The third-order valence-electron chi connectivity index (χ3n) is 5.40. The molecular weight excluding hydrogens is 280 g/mol. The number of likely N-dealkylation sites (N-methyl/N-ethyl adjacent to an activating group) is 1. The van der Waals surface area contributed by atoms with Crippen molar-refractivity contribution in [1.82, 2.24) is 9.21 Å². The minimum Gasteiger partial charge on any atom is -0.365 e. The molecule has 4 fully saturated rings. The van der Waals surface area contributed by atoms with Crippen molar-refractivity contribution in [2.45, 2.75) is 42.6 Å². The fourth-order valence-corrected chi connectivity index (χ4v) is 6.18. The van der Waals surface area contributed by atoms with Crippen molar-refractivity contribution in [2.24, 2.45) is 5.92 Å². The van der Waals surface area contributed by atoms with Crippen molar-refractivity contribution in [2.75, 3.05) is 26.7 Å². The van der Waals surface area contributed by atoms with E-state index in [1.54, 1.807) is 7.05 Å². The van der Waals surface area contributed by atoms with Crippen LogP contribution in [0, 0.1) is 5.92 Å². The molecule has 20 heavy (non-hydrogen) atoms. The van der Waals surface area contributed by atoms with Gasteiger partial charge in [-0.3, -0.25) is 4.79 Å². The minimum absolute atomic E-state index is 0.110. The number of likely N-dealkylation sites (tertiary alicyclic amines) is 1. The number of sulfonamides is 1. The third-order valence-corrected chi connectivity index (χ3v) is 7.74. The number of rotatable bonds is 1. The summed E-state index contributed by atoms with van der Waals surface area (Å²) in [7, 11) is -1.65. The van der Waals surface area contributed by atoms with Crippen LogP contribution in [0.3, 0.4) is 0 Å². The van der Waals surface area contributed by atoms with Gasteiger partial charge in [-0.2, -0.15) is 0 Å². The quantitative estimate of drug-likeness (QED) is 0.673. The molecule has 0 unspecified atom stereocenters. The Morgan fingerprint density at radius 2 is 2.05 bits per heavy atom. The minimum atomic E-state index is -3.26. The van der Waals surface area contributed by atoms with Gasteiger partial charge in [0, 0.05) is 26.1 Å². The Morgan fingerprint density at radius 1 is 1.30 bits per heavy atom. The lowest BCUT2D eigenvalue weighted by molar-refractivity contribution is -0.156. The van der Waals surface area contributed by atoms with Gasteiger partial charge in [0.1, 0.15) is 10.9 Å². The summed E-state index contributed by atoms with van der Waals surface area (Å²) in [6.07, 6.45) is 3.52. The highest BCUT2D eigenvalue weighted by Gasteiger charge is 2.65.